The molecule has 0 bridgehead atoms. The Balaban J connectivity index is 2.20. The highest BCUT2D eigenvalue weighted by Gasteiger charge is 2.72. The number of benzene rings is 1. The van der Waals surface area contributed by atoms with Crippen molar-refractivity contribution in [2.24, 2.45) is 10.9 Å². The van der Waals surface area contributed by atoms with E-state index < -0.39 is 29.0 Å². The first-order chi connectivity index (χ1) is 9.88. The number of hydrogen-bond donors (Lipinski definition) is 2. The number of ether oxygens (including phenoxy) is 1. The quantitative estimate of drug-likeness (QED) is 0.769. The van der Waals surface area contributed by atoms with Gasteiger partial charge in [-0.1, -0.05) is 24.3 Å². The van der Waals surface area contributed by atoms with Crippen molar-refractivity contribution < 1.29 is 24.5 Å². The van der Waals surface area contributed by atoms with E-state index in [0.717, 1.165) is 0 Å². The van der Waals surface area contributed by atoms with Crippen molar-refractivity contribution in [2.75, 3.05) is 6.61 Å². The molecule has 0 fully saturated rings. The van der Waals surface area contributed by atoms with Crippen molar-refractivity contribution in [1.82, 2.24) is 0 Å². The molecule has 6 heteroatoms. The molecule has 6 nitrogen and oxygen atoms in total. The van der Waals surface area contributed by atoms with Gasteiger partial charge in [-0.15, -0.1) is 0 Å². The van der Waals surface area contributed by atoms with Crippen LogP contribution in [-0.4, -0.2) is 39.9 Å². The normalized spacial score (nSPS) is 33.4. The Morgan fingerprint density at radius 1 is 1.38 bits per heavy atom. The number of ketones is 1. The molecule has 0 aromatic heterocycles. The maximum absolute atomic E-state index is 12.6. The fourth-order valence-electron chi connectivity index (χ4n) is 3.22. The van der Waals surface area contributed by atoms with E-state index in [9.17, 15) is 19.8 Å². The Bertz CT molecular complexity index is 682. The summed E-state index contributed by atoms with van der Waals surface area (Å²) >= 11 is 0. The summed E-state index contributed by atoms with van der Waals surface area (Å²) in [6.45, 7) is 3.23. The van der Waals surface area contributed by atoms with Gasteiger partial charge in [-0.25, -0.2) is 0 Å². The minimum absolute atomic E-state index is 0.109. The molecule has 1 aromatic rings. The summed E-state index contributed by atoms with van der Waals surface area (Å²) < 4.78 is 4.92. The smallest absolute Gasteiger partial charge is 0.318 e. The van der Waals surface area contributed by atoms with Crippen LogP contribution in [0.25, 0.3) is 0 Å². The summed E-state index contributed by atoms with van der Waals surface area (Å²) in [6.07, 6.45) is 0. The molecule has 0 amide bonds. The molecule has 110 valence electrons. The zero-order valence-corrected chi connectivity index (χ0v) is 11.7. The van der Waals surface area contributed by atoms with E-state index in [4.69, 9.17) is 4.74 Å². The maximum atomic E-state index is 12.6. The predicted molar refractivity (Wildman–Crippen MR) is 72.9 cm³/mol. The molecule has 21 heavy (non-hydrogen) atoms. The summed E-state index contributed by atoms with van der Waals surface area (Å²) in [6, 6.07) is 6.29. The minimum Gasteiger partial charge on any atom is -0.465 e. The van der Waals surface area contributed by atoms with Gasteiger partial charge in [0, 0.05) is 16.8 Å². The third kappa shape index (κ3) is 1.46. The zero-order valence-electron chi connectivity index (χ0n) is 11.7. The van der Waals surface area contributed by atoms with E-state index in [1.807, 2.05) is 0 Å². The van der Waals surface area contributed by atoms with Crippen LogP contribution < -0.4 is 0 Å². The van der Waals surface area contributed by atoms with Crippen LogP contribution in [0.4, 0.5) is 0 Å². The second-order valence-electron chi connectivity index (χ2n) is 5.25. The molecule has 2 aliphatic rings. The van der Waals surface area contributed by atoms with Gasteiger partial charge in [0.1, 0.15) is 5.92 Å². The molecule has 3 rings (SSSR count). The maximum Gasteiger partial charge on any atom is 0.318 e. The molecular formula is C15H15NO5. The van der Waals surface area contributed by atoms with Crippen LogP contribution in [0.5, 0.6) is 0 Å². The number of hydrogen-bond acceptors (Lipinski definition) is 6. The first-order valence-corrected chi connectivity index (χ1v) is 6.70. The molecule has 0 spiro atoms. The lowest BCUT2D eigenvalue weighted by Crippen LogP contribution is -2.56. The van der Waals surface area contributed by atoms with Gasteiger partial charge < -0.3 is 14.9 Å². The molecule has 1 aliphatic heterocycles. The third-order valence-corrected chi connectivity index (χ3v) is 4.12. The zero-order chi connectivity index (χ0) is 15.4. The van der Waals surface area contributed by atoms with E-state index in [-0.39, 0.29) is 23.4 Å². The first-order valence-electron chi connectivity index (χ1n) is 6.70. The van der Waals surface area contributed by atoms with Crippen LogP contribution >= 0.6 is 0 Å². The molecular weight excluding hydrogens is 274 g/mol. The van der Waals surface area contributed by atoms with Gasteiger partial charge in [0.2, 0.25) is 11.5 Å². The fourth-order valence-corrected chi connectivity index (χ4v) is 3.22. The van der Waals surface area contributed by atoms with Gasteiger partial charge in [-0.3, -0.25) is 14.6 Å². The molecule has 1 aliphatic carbocycles. The molecule has 2 N–H and O–H groups in total. The summed E-state index contributed by atoms with van der Waals surface area (Å²) in [5, 5.41) is 21.7. The van der Waals surface area contributed by atoms with Crippen molar-refractivity contribution in [2.45, 2.75) is 25.2 Å². The largest absolute Gasteiger partial charge is 0.465 e. The van der Waals surface area contributed by atoms with Crippen LogP contribution in [0.2, 0.25) is 0 Å². The van der Waals surface area contributed by atoms with Gasteiger partial charge in [0.05, 0.1) is 6.61 Å². The number of Topliss-reactive ketones (excluding diaryl/α,β-unsaturated/α-hetero) is 1. The van der Waals surface area contributed by atoms with Crippen molar-refractivity contribution >= 4 is 17.5 Å². The third-order valence-electron chi connectivity index (χ3n) is 4.12. The predicted octanol–water partition coefficient (Wildman–Crippen LogP) is 0.413. The number of nitrogens with zero attached hydrogens (tertiary/aromatic N) is 1. The molecule has 1 heterocycles. The van der Waals surface area contributed by atoms with Gasteiger partial charge in [0.15, 0.2) is 5.60 Å². The fraction of sp³-hybridized carbons (Fsp3) is 0.400. The van der Waals surface area contributed by atoms with Crippen molar-refractivity contribution in [3.8, 4) is 0 Å². The number of aliphatic imine (C=N–C) groups is 1. The Labute approximate surface area is 121 Å². The lowest BCUT2D eigenvalue weighted by atomic mass is 9.79. The Kier molecular flexibility index (Phi) is 2.80. The van der Waals surface area contributed by atoms with E-state index in [2.05, 4.69) is 4.99 Å². The minimum atomic E-state index is -2.34. The van der Waals surface area contributed by atoms with Gasteiger partial charge >= 0.3 is 5.97 Å². The number of carbonyl (C=O) groups excluding carboxylic acids is 2. The number of fused-ring (bicyclic) bond motifs is 3. The van der Waals surface area contributed by atoms with Crippen molar-refractivity contribution in [3.63, 3.8) is 0 Å². The second kappa shape index (κ2) is 4.22. The Hall–Kier alpha value is -2.05. The highest BCUT2D eigenvalue weighted by Crippen LogP contribution is 2.53. The molecule has 0 radical (unpaired) electrons. The monoisotopic (exact) mass is 289 g/mol. The number of carbonyl (C=O) groups is 2. The van der Waals surface area contributed by atoms with Gasteiger partial charge in [0.25, 0.3) is 0 Å². The summed E-state index contributed by atoms with van der Waals surface area (Å²) in [7, 11) is 0. The molecule has 0 unspecified atom stereocenters. The first kappa shape index (κ1) is 13.9. The number of esters is 1. The van der Waals surface area contributed by atoms with E-state index in [1.54, 1.807) is 19.1 Å². The lowest BCUT2D eigenvalue weighted by Gasteiger charge is -2.31. The van der Waals surface area contributed by atoms with Crippen molar-refractivity contribution in [3.05, 3.63) is 35.4 Å². The molecule has 1 aromatic carbocycles. The number of aliphatic hydroxyl groups is 2. The molecule has 0 saturated heterocycles. The summed E-state index contributed by atoms with van der Waals surface area (Å²) in [4.78, 5) is 28.7. The highest BCUT2D eigenvalue weighted by molar-refractivity contribution is 6.18. The number of rotatable bonds is 2. The summed E-state index contributed by atoms with van der Waals surface area (Å²) in [5.41, 5.74) is -3.91. The Morgan fingerprint density at radius 2 is 2.05 bits per heavy atom. The standard InChI is InChI=1S/C15H15NO5/c1-3-21-13(18)11-8(2)16-15(20)10-7-5-4-6-9(10)12(17)14(11,15)19/h4-7,11,19-20H,3H2,1-2H3/t11-,14+,15-/m0/s1. The lowest BCUT2D eigenvalue weighted by molar-refractivity contribution is -0.164. The van der Waals surface area contributed by atoms with Crippen molar-refractivity contribution in [1.29, 1.82) is 0 Å². The van der Waals surface area contributed by atoms with E-state index >= 15 is 0 Å². The highest BCUT2D eigenvalue weighted by atomic mass is 16.5. The van der Waals surface area contributed by atoms with Crippen LogP contribution in [0.1, 0.15) is 29.8 Å². The van der Waals surface area contributed by atoms with E-state index in [1.165, 1.54) is 19.1 Å². The van der Waals surface area contributed by atoms with Gasteiger partial charge in [-0.2, -0.15) is 0 Å². The Morgan fingerprint density at radius 3 is 2.71 bits per heavy atom. The van der Waals surface area contributed by atoms with Crippen LogP contribution in [0.15, 0.2) is 29.3 Å². The second-order valence-corrected chi connectivity index (χ2v) is 5.25. The van der Waals surface area contributed by atoms with Crippen LogP contribution in [-0.2, 0) is 15.3 Å². The SMILES string of the molecule is CCOC(=O)[C@@H]1C(C)=N[C@]2(O)c3ccccc3C(=O)[C@]12O. The molecule has 0 saturated carbocycles. The average Bonchev–Trinajstić information content (AvgIpc) is 2.75. The summed E-state index contributed by atoms with van der Waals surface area (Å²) in [5.74, 6) is -2.78. The average molecular weight is 289 g/mol. The van der Waals surface area contributed by atoms with E-state index in [0.29, 0.717) is 0 Å². The topological polar surface area (TPSA) is 96.2 Å². The van der Waals surface area contributed by atoms with Crippen LogP contribution in [0, 0.1) is 5.92 Å². The van der Waals surface area contributed by atoms with Crippen LogP contribution in [0.3, 0.4) is 0 Å². The van der Waals surface area contributed by atoms with Gasteiger partial charge in [-0.05, 0) is 13.8 Å². The molecule has 3 atom stereocenters.